The van der Waals surface area contributed by atoms with Crippen LogP contribution in [0.1, 0.15) is 44.0 Å². The van der Waals surface area contributed by atoms with Gasteiger partial charge in [0.05, 0.1) is 5.69 Å². The van der Waals surface area contributed by atoms with Crippen LogP contribution in [0.3, 0.4) is 0 Å². The van der Waals surface area contributed by atoms with E-state index in [0.29, 0.717) is 24.5 Å². The first-order chi connectivity index (χ1) is 12.5. The van der Waals surface area contributed by atoms with E-state index in [1.807, 2.05) is 17.9 Å². The molecule has 0 aliphatic carbocycles. The van der Waals surface area contributed by atoms with Crippen LogP contribution in [0.2, 0.25) is 0 Å². The van der Waals surface area contributed by atoms with Gasteiger partial charge in [-0.1, -0.05) is 0 Å². The van der Waals surface area contributed by atoms with Crippen molar-refractivity contribution in [1.29, 1.82) is 0 Å². The quantitative estimate of drug-likeness (QED) is 0.905. The molecule has 4 rings (SSSR count). The number of carbonyl (C=O) groups excluding carboxylic acids is 1. The standard InChI is InChI=1S/C19H27N5O2/c1-3-23-13-19(7-5-17(23)25)6-4-8-22(12-19)11-15-10-18(26)24-16(20-15)9-14(2)21-24/h9-10,21H,3-8,11-13H2,1-2H3/t19-/m0/s1. The highest BCUT2D eigenvalue weighted by Gasteiger charge is 2.41. The van der Waals surface area contributed by atoms with Gasteiger partial charge in [0.2, 0.25) is 5.91 Å². The lowest BCUT2D eigenvalue weighted by Crippen LogP contribution is -2.53. The molecule has 0 radical (unpaired) electrons. The van der Waals surface area contributed by atoms with Crippen molar-refractivity contribution in [2.45, 2.75) is 46.1 Å². The molecule has 2 saturated heterocycles. The summed E-state index contributed by atoms with van der Waals surface area (Å²) in [5.41, 5.74) is 2.56. The van der Waals surface area contributed by atoms with E-state index in [9.17, 15) is 9.59 Å². The number of H-pyrrole nitrogens is 1. The highest BCUT2D eigenvalue weighted by molar-refractivity contribution is 5.77. The summed E-state index contributed by atoms with van der Waals surface area (Å²) < 4.78 is 1.49. The minimum Gasteiger partial charge on any atom is -0.342 e. The molecule has 0 aromatic carbocycles. The lowest BCUT2D eigenvalue weighted by atomic mass is 9.73. The predicted molar refractivity (Wildman–Crippen MR) is 99.0 cm³/mol. The Bertz CT molecular complexity index is 886. The second kappa shape index (κ2) is 6.54. The van der Waals surface area contributed by atoms with Crippen LogP contribution in [0.4, 0.5) is 0 Å². The molecular formula is C19H27N5O2. The average molecular weight is 357 g/mol. The minimum absolute atomic E-state index is 0.0646. The molecule has 0 unspecified atom stereocenters. The van der Waals surface area contributed by atoms with Crippen LogP contribution in [-0.2, 0) is 11.3 Å². The number of piperidine rings is 2. The number of carbonyl (C=O) groups is 1. The van der Waals surface area contributed by atoms with Gasteiger partial charge in [-0.05, 0) is 39.7 Å². The fourth-order valence-corrected chi connectivity index (χ4v) is 4.64. The van der Waals surface area contributed by atoms with Crippen molar-refractivity contribution in [3.05, 3.63) is 33.9 Å². The van der Waals surface area contributed by atoms with Gasteiger partial charge in [-0.25, -0.2) is 9.50 Å². The van der Waals surface area contributed by atoms with Crippen LogP contribution in [0.15, 0.2) is 16.9 Å². The molecule has 7 heteroatoms. The summed E-state index contributed by atoms with van der Waals surface area (Å²) in [7, 11) is 0. The molecule has 1 atom stereocenters. The number of rotatable bonds is 3. The maximum atomic E-state index is 12.3. The summed E-state index contributed by atoms with van der Waals surface area (Å²) in [6, 6.07) is 3.53. The van der Waals surface area contributed by atoms with Crippen molar-refractivity contribution in [2.24, 2.45) is 5.41 Å². The minimum atomic E-state index is -0.0646. The van der Waals surface area contributed by atoms with Gasteiger partial charge in [0.25, 0.3) is 5.56 Å². The van der Waals surface area contributed by atoms with Gasteiger partial charge >= 0.3 is 0 Å². The Hall–Kier alpha value is -2.15. The number of likely N-dealkylation sites (tertiary alicyclic amines) is 2. The van der Waals surface area contributed by atoms with Gasteiger partial charge < -0.3 is 4.90 Å². The number of aryl methyl sites for hydroxylation is 1. The summed E-state index contributed by atoms with van der Waals surface area (Å²) in [4.78, 5) is 33.4. The molecule has 1 spiro atoms. The van der Waals surface area contributed by atoms with E-state index >= 15 is 0 Å². The third-order valence-corrected chi connectivity index (χ3v) is 5.89. The Morgan fingerprint density at radius 1 is 1.23 bits per heavy atom. The monoisotopic (exact) mass is 357 g/mol. The van der Waals surface area contributed by atoms with Crippen molar-refractivity contribution in [3.8, 4) is 0 Å². The highest BCUT2D eigenvalue weighted by Crippen LogP contribution is 2.39. The smallest absolute Gasteiger partial charge is 0.272 e. The van der Waals surface area contributed by atoms with E-state index < -0.39 is 0 Å². The number of aromatic amines is 1. The predicted octanol–water partition coefficient (Wildman–Crippen LogP) is 1.56. The van der Waals surface area contributed by atoms with Gasteiger partial charge in [-0.3, -0.25) is 19.6 Å². The maximum absolute atomic E-state index is 12.3. The Balaban J connectivity index is 1.52. The molecule has 26 heavy (non-hydrogen) atoms. The summed E-state index contributed by atoms with van der Waals surface area (Å²) >= 11 is 0. The van der Waals surface area contributed by atoms with Gasteiger partial charge in [0.1, 0.15) is 0 Å². The molecule has 2 aliphatic rings. The largest absolute Gasteiger partial charge is 0.342 e. The van der Waals surface area contributed by atoms with Crippen LogP contribution in [0.25, 0.3) is 5.65 Å². The van der Waals surface area contributed by atoms with Gasteiger partial charge in [-0.15, -0.1) is 0 Å². The molecule has 2 aromatic heterocycles. The molecule has 140 valence electrons. The number of fused-ring (bicyclic) bond motifs is 1. The third-order valence-electron chi connectivity index (χ3n) is 5.89. The van der Waals surface area contributed by atoms with E-state index in [1.165, 1.54) is 10.9 Å². The molecule has 0 bridgehead atoms. The van der Waals surface area contributed by atoms with Crippen LogP contribution in [0.5, 0.6) is 0 Å². The molecule has 7 nitrogen and oxygen atoms in total. The van der Waals surface area contributed by atoms with Crippen LogP contribution in [-0.4, -0.2) is 56.5 Å². The van der Waals surface area contributed by atoms with Crippen molar-refractivity contribution in [1.82, 2.24) is 24.4 Å². The first kappa shape index (κ1) is 17.3. The molecule has 2 aliphatic heterocycles. The second-order valence-corrected chi connectivity index (χ2v) is 7.94. The topological polar surface area (TPSA) is 73.7 Å². The first-order valence-electron chi connectivity index (χ1n) is 9.56. The molecular weight excluding hydrogens is 330 g/mol. The van der Waals surface area contributed by atoms with E-state index in [4.69, 9.17) is 0 Å². The Kier molecular flexibility index (Phi) is 4.34. The molecule has 0 saturated carbocycles. The zero-order chi connectivity index (χ0) is 18.3. The number of hydrogen-bond donors (Lipinski definition) is 1. The lowest BCUT2D eigenvalue weighted by molar-refractivity contribution is -0.139. The number of nitrogens with one attached hydrogen (secondary N) is 1. The SMILES string of the molecule is CCN1C[C@@]2(CCCN(Cc3cc(=O)n4[nH]c(C)cc4n3)C2)CCC1=O. The van der Waals surface area contributed by atoms with Crippen molar-refractivity contribution < 1.29 is 4.79 Å². The van der Waals surface area contributed by atoms with Crippen molar-refractivity contribution in [2.75, 3.05) is 26.2 Å². The molecule has 1 amide bonds. The van der Waals surface area contributed by atoms with E-state index in [2.05, 4.69) is 21.9 Å². The van der Waals surface area contributed by atoms with Gasteiger partial charge in [-0.2, -0.15) is 0 Å². The Morgan fingerprint density at radius 3 is 2.88 bits per heavy atom. The van der Waals surface area contributed by atoms with E-state index in [-0.39, 0.29) is 11.0 Å². The molecule has 1 N–H and O–H groups in total. The second-order valence-electron chi connectivity index (χ2n) is 7.94. The lowest BCUT2D eigenvalue weighted by Gasteiger charge is -2.48. The average Bonchev–Trinajstić information content (AvgIpc) is 2.98. The fraction of sp³-hybridized carbons (Fsp3) is 0.632. The van der Waals surface area contributed by atoms with Crippen molar-refractivity contribution >= 4 is 11.6 Å². The number of amides is 1. The number of nitrogens with zero attached hydrogens (tertiary/aromatic N) is 4. The summed E-state index contributed by atoms with van der Waals surface area (Å²) in [6.45, 7) is 8.33. The normalized spacial score (nSPS) is 24.7. The van der Waals surface area contributed by atoms with E-state index in [1.54, 1.807) is 6.07 Å². The zero-order valence-corrected chi connectivity index (χ0v) is 15.6. The van der Waals surface area contributed by atoms with Crippen LogP contribution < -0.4 is 5.56 Å². The third kappa shape index (κ3) is 3.16. The Morgan fingerprint density at radius 2 is 2.08 bits per heavy atom. The summed E-state index contributed by atoms with van der Waals surface area (Å²) in [6.07, 6.45) is 3.95. The molecule has 2 aromatic rings. The number of aromatic nitrogens is 3. The first-order valence-corrected chi connectivity index (χ1v) is 9.56. The van der Waals surface area contributed by atoms with Crippen molar-refractivity contribution in [3.63, 3.8) is 0 Å². The molecule has 2 fully saturated rings. The van der Waals surface area contributed by atoms with Crippen LogP contribution in [0, 0.1) is 12.3 Å². The number of hydrogen-bond acceptors (Lipinski definition) is 4. The summed E-state index contributed by atoms with van der Waals surface area (Å²) in [5.74, 6) is 0.290. The van der Waals surface area contributed by atoms with E-state index in [0.717, 1.165) is 50.4 Å². The molecule has 4 heterocycles. The highest BCUT2D eigenvalue weighted by atomic mass is 16.2. The van der Waals surface area contributed by atoms with Crippen LogP contribution >= 0.6 is 0 Å². The summed E-state index contributed by atoms with van der Waals surface area (Å²) in [5, 5.41) is 3.01. The van der Waals surface area contributed by atoms with Gasteiger partial charge in [0, 0.05) is 55.8 Å². The Labute approximate surface area is 153 Å². The van der Waals surface area contributed by atoms with Gasteiger partial charge in [0.15, 0.2) is 5.65 Å². The maximum Gasteiger partial charge on any atom is 0.272 e. The zero-order valence-electron chi connectivity index (χ0n) is 15.6. The fourth-order valence-electron chi connectivity index (χ4n) is 4.64.